The molecule has 3 rings (SSSR count). The van der Waals surface area contributed by atoms with Crippen LogP contribution in [0, 0.1) is 6.92 Å². The Hall–Kier alpha value is -2.14. The van der Waals surface area contributed by atoms with E-state index < -0.39 is 0 Å². The first-order valence-electron chi connectivity index (χ1n) is 7.34. The van der Waals surface area contributed by atoms with Gasteiger partial charge in [0.2, 0.25) is 0 Å². The first-order valence-corrected chi connectivity index (χ1v) is 8.32. The van der Waals surface area contributed by atoms with E-state index in [1.54, 1.807) is 24.3 Å². The molecule has 0 aliphatic heterocycles. The highest BCUT2D eigenvalue weighted by Crippen LogP contribution is 2.25. The Balaban J connectivity index is 1.84. The first kappa shape index (κ1) is 14.8. The van der Waals surface area contributed by atoms with E-state index in [9.17, 15) is 0 Å². The molecule has 2 aromatic heterocycles. The van der Waals surface area contributed by atoms with E-state index in [0.29, 0.717) is 0 Å². The monoisotopic (exact) mass is 310 g/mol. The fourth-order valence-electron chi connectivity index (χ4n) is 2.23. The predicted molar refractivity (Wildman–Crippen MR) is 90.3 cm³/mol. The maximum atomic E-state index is 4.40. The van der Waals surface area contributed by atoms with Gasteiger partial charge in [-0.1, -0.05) is 19.1 Å². The average Bonchev–Trinajstić information content (AvgIpc) is 3.08. The van der Waals surface area contributed by atoms with E-state index in [1.165, 1.54) is 0 Å². The third-order valence-corrected chi connectivity index (χ3v) is 4.47. The van der Waals surface area contributed by atoms with Crippen molar-refractivity contribution in [2.75, 3.05) is 5.75 Å². The van der Waals surface area contributed by atoms with Crippen molar-refractivity contribution in [1.82, 2.24) is 19.7 Å². The molecule has 0 unspecified atom stereocenters. The lowest BCUT2D eigenvalue weighted by atomic mass is 10.1. The number of rotatable bonds is 5. The third-order valence-electron chi connectivity index (χ3n) is 3.36. The third kappa shape index (κ3) is 3.20. The number of aryl methyl sites for hydroxylation is 1. The quantitative estimate of drug-likeness (QED) is 0.664. The van der Waals surface area contributed by atoms with Crippen LogP contribution in [0.3, 0.4) is 0 Å². The Bertz CT molecular complexity index is 736. The summed E-state index contributed by atoms with van der Waals surface area (Å²) in [6.07, 6.45) is 6.64. The Morgan fingerprint density at radius 3 is 2.59 bits per heavy atom. The molecule has 0 N–H and O–H groups in total. The summed E-state index contributed by atoms with van der Waals surface area (Å²) >= 11 is 1.76. The van der Waals surface area contributed by atoms with Crippen LogP contribution in [0.4, 0.5) is 0 Å². The number of aromatic nitrogens is 4. The normalized spacial score (nSPS) is 10.8. The highest BCUT2D eigenvalue weighted by atomic mass is 32.2. The summed E-state index contributed by atoms with van der Waals surface area (Å²) in [6.45, 7) is 4.26. The molecule has 0 aliphatic carbocycles. The number of hydrogen-bond acceptors (Lipinski definition) is 4. The van der Waals surface area contributed by atoms with Gasteiger partial charge in [-0.05, 0) is 42.9 Å². The minimum absolute atomic E-state index is 0.943. The molecule has 0 radical (unpaired) electrons. The molecule has 1 aromatic carbocycles. The fourth-order valence-corrected chi connectivity index (χ4v) is 3.00. The molecular formula is C17H18N4S. The van der Waals surface area contributed by atoms with Gasteiger partial charge < -0.3 is 4.57 Å². The lowest BCUT2D eigenvalue weighted by molar-refractivity contribution is 0.921. The maximum Gasteiger partial charge on any atom is 0.119 e. The predicted octanol–water partition coefficient (Wildman–Crippen LogP) is 4.14. The summed E-state index contributed by atoms with van der Waals surface area (Å²) < 4.78 is 1.98. The topological polar surface area (TPSA) is 43.6 Å². The van der Waals surface area contributed by atoms with Gasteiger partial charge in [0.25, 0.3) is 0 Å². The van der Waals surface area contributed by atoms with Gasteiger partial charge in [0.05, 0.1) is 12.0 Å². The molecule has 0 bridgehead atoms. The van der Waals surface area contributed by atoms with Gasteiger partial charge in [0.1, 0.15) is 5.03 Å². The highest BCUT2D eigenvalue weighted by molar-refractivity contribution is 7.99. The second kappa shape index (κ2) is 6.75. The van der Waals surface area contributed by atoms with Crippen molar-refractivity contribution in [3.8, 4) is 16.9 Å². The average molecular weight is 310 g/mol. The number of nitrogens with zero attached hydrogens (tertiary/aromatic N) is 4. The van der Waals surface area contributed by atoms with Crippen molar-refractivity contribution in [1.29, 1.82) is 0 Å². The minimum atomic E-state index is 0.943. The lowest BCUT2D eigenvalue weighted by Gasteiger charge is -2.08. The Kier molecular flexibility index (Phi) is 4.53. The van der Waals surface area contributed by atoms with E-state index in [2.05, 4.69) is 59.4 Å². The van der Waals surface area contributed by atoms with E-state index in [1.807, 2.05) is 10.8 Å². The van der Waals surface area contributed by atoms with E-state index in [-0.39, 0.29) is 0 Å². The van der Waals surface area contributed by atoms with Crippen molar-refractivity contribution in [3.63, 3.8) is 0 Å². The minimum Gasteiger partial charge on any atom is -0.306 e. The zero-order chi connectivity index (χ0) is 15.4. The van der Waals surface area contributed by atoms with Crippen LogP contribution in [0.1, 0.15) is 18.9 Å². The Morgan fingerprint density at radius 2 is 1.95 bits per heavy atom. The SMILES string of the molecule is CCCSc1cc(C)c(-c2ccc(-n3ccnc3)cc2)nn1. The molecule has 3 aromatic rings. The highest BCUT2D eigenvalue weighted by Gasteiger charge is 2.07. The molecule has 0 aliphatic rings. The van der Waals surface area contributed by atoms with E-state index in [0.717, 1.165) is 39.7 Å². The van der Waals surface area contributed by atoms with Gasteiger partial charge in [-0.2, -0.15) is 0 Å². The summed E-state index contributed by atoms with van der Waals surface area (Å²) in [5, 5.41) is 9.73. The van der Waals surface area contributed by atoms with Gasteiger partial charge in [0, 0.05) is 23.6 Å². The maximum absolute atomic E-state index is 4.40. The van der Waals surface area contributed by atoms with Crippen LogP contribution in [-0.4, -0.2) is 25.5 Å². The first-order chi connectivity index (χ1) is 10.8. The van der Waals surface area contributed by atoms with Gasteiger partial charge >= 0.3 is 0 Å². The molecule has 0 fully saturated rings. The lowest BCUT2D eigenvalue weighted by Crippen LogP contribution is -1.95. The van der Waals surface area contributed by atoms with Crippen LogP contribution >= 0.6 is 11.8 Å². The molecule has 5 heteroatoms. The van der Waals surface area contributed by atoms with E-state index in [4.69, 9.17) is 0 Å². The molecule has 0 saturated heterocycles. The number of thioether (sulfide) groups is 1. The van der Waals surface area contributed by atoms with Crippen LogP contribution in [0.15, 0.2) is 54.1 Å². The summed E-state index contributed by atoms with van der Waals surface area (Å²) in [6, 6.07) is 10.4. The largest absolute Gasteiger partial charge is 0.306 e. The second-order valence-corrected chi connectivity index (χ2v) is 6.19. The molecule has 4 nitrogen and oxygen atoms in total. The summed E-state index contributed by atoms with van der Waals surface area (Å²) in [5.41, 5.74) is 4.27. The fraction of sp³-hybridized carbons (Fsp3) is 0.235. The smallest absolute Gasteiger partial charge is 0.119 e. The van der Waals surface area contributed by atoms with Gasteiger partial charge in [-0.15, -0.1) is 22.0 Å². The molecule has 0 atom stereocenters. The molecule has 22 heavy (non-hydrogen) atoms. The van der Waals surface area contributed by atoms with Crippen LogP contribution in [0.25, 0.3) is 16.9 Å². The summed E-state index contributed by atoms with van der Waals surface area (Å²) in [4.78, 5) is 4.07. The van der Waals surface area contributed by atoms with Crippen molar-refractivity contribution < 1.29 is 0 Å². The number of imidazole rings is 1. The summed E-state index contributed by atoms with van der Waals surface area (Å²) in [7, 11) is 0. The molecule has 112 valence electrons. The van der Waals surface area contributed by atoms with Gasteiger partial charge in [-0.3, -0.25) is 0 Å². The van der Waals surface area contributed by atoms with E-state index >= 15 is 0 Å². The molecule has 2 heterocycles. The zero-order valence-corrected chi connectivity index (χ0v) is 13.5. The summed E-state index contributed by atoms with van der Waals surface area (Å²) in [5.74, 6) is 1.08. The van der Waals surface area contributed by atoms with Crippen LogP contribution < -0.4 is 0 Å². The zero-order valence-electron chi connectivity index (χ0n) is 12.7. The standard InChI is InChI=1S/C17H18N4S/c1-3-10-22-16-11-13(2)17(20-19-16)14-4-6-15(7-5-14)21-9-8-18-12-21/h4-9,11-12H,3,10H2,1-2H3. The van der Waals surface area contributed by atoms with Crippen LogP contribution in [0.2, 0.25) is 0 Å². The van der Waals surface area contributed by atoms with Crippen molar-refractivity contribution in [2.24, 2.45) is 0 Å². The van der Waals surface area contributed by atoms with Crippen LogP contribution in [-0.2, 0) is 0 Å². The van der Waals surface area contributed by atoms with Crippen molar-refractivity contribution in [3.05, 3.63) is 54.6 Å². The number of benzene rings is 1. The molecule has 0 spiro atoms. The van der Waals surface area contributed by atoms with Crippen molar-refractivity contribution >= 4 is 11.8 Å². The van der Waals surface area contributed by atoms with Gasteiger partial charge in [-0.25, -0.2) is 4.98 Å². The Morgan fingerprint density at radius 1 is 1.14 bits per heavy atom. The van der Waals surface area contributed by atoms with Crippen molar-refractivity contribution in [2.45, 2.75) is 25.3 Å². The van der Waals surface area contributed by atoms with Gasteiger partial charge in [0.15, 0.2) is 0 Å². The Labute approximate surface area is 134 Å². The molecule has 0 amide bonds. The second-order valence-electron chi connectivity index (χ2n) is 5.08. The van der Waals surface area contributed by atoms with Crippen LogP contribution in [0.5, 0.6) is 0 Å². The molecule has 0 saturated carbocycles. The molecular weight excluding hydrogens is 292 g/mol. The number of hydrogen-bond donors (Lipinski definition) is 0.